The zero-order valence-electron chi connectivity index (χ0n) is 10.5. The number of hydrogen-bond acceptors (Lipinski definition) is 2. The molecule has 1 saturated heterocycles. The molecule has 0 unspecified atom stereocenters. The van der Waals surface area contributed by atoms with Crippen LogP contribution in [0.25, 0.3) is 0 Å². The number of carbonyl (C=O) groups excluding carboxylic acids is 1. The Balaban J connectivity index is 2.72. The van der Waals surface area contributed by atoms with Crippen molar-refractivity contribution >= 4 is 11.9 Å². The Hall–Kier alpha value is -1.06. The predicted octanol–water partition coefficient (Wildman–Crippen LogP) is 1.60. The molecule has 1 amide bonds. The van der Waals surface area contributed by atoms with Gasteiger partial charge in [-0.3, -0.25) is 9.59 Å². The third-order valence-electron chi connectivity index (χ3n) is 3.68. The average Bonchev–Trinajstić information content (AvgIpc) is 2.59. The fraction of sp³-hybridized carbons (Fsp3) is 0.833. The van der Waals surface area contributed by atoms with Gasteiger partial charge in [0.25, 0.3) is 0 Å². The molecule has 1 fully saturated rings. The maximum atomic E-state index is 12.1. The summed E-state index contributed by atoms with van der Waals surface area (Å²) in [5, 5.41) is 9.01. The zero-order chi connectivity index (χ0) is 12.5. The average molecular weight is 227 g/mol. The molecule has 2 atom stereocenters. The van der Waals surface area contributed by atoms with E-state index in [0.717, 1.165) is 6.42 Å². The van der Waals surface area contributed by atoms with Crippen molar-refractivity contribution in [3.8, 4) is 0 Å². The maximum absolute atomic E-state index is 12.1. The van der Waals surface area contributed by atoms with Gasteiger partial charge in [0.15, 0.2) is 0 Å². The molecule has 1 aliphatic heterocycles. The van der Waals surface area contributed by atoms with E-state index in [0.29, 0.717) is 13.1 Å². The van der Waals surface area contributed by atoms with Crippen molar-refractivity contribution in [1.82, 2.24) is 4.90 Å². The highest BCUT2D eigenvalue weighted by atomic mass is 16.4. The van der Waals surface area contributed by atoms with E-state index in [4.69, 9.17) is 5.11 Å². The molecule has 4 heteroatoms. The number of carbonyl (C=O) groups is 2. The molecule has 1 aliphatic rings. The summed E-state index contributed by atoms with van der Waals surface area (Å²) in [6, 6.07) is 0. The highest BCUT2D eigenvalue weighted by Crippen LogP contribution is 2.29. The van der Waals surface area contributed by atoms with E-state index < -0.39 is 11.9 Å². The number of rotatable bonds is 3. The number of aliphatic carboxylic acids is 1. The van der Waals surface area contributed by atoms with Crippen LogP contribution in [0.4, 0.5) is 0 Å². The van der Waals surface area contributed by atoms with Crippen LogP contribution in [-0.2, 0) is 9.59 Å². The first kappa shape index (κ1) is 13.0. The Morgan fingerprint density at radius 3 is 2.31 bits per heavy atom. The number of carboxylic acids is 1. The monoisotopic (exact) mass is 227 g/mol. The van der Waals surface area contributed by atoms with Crippen LogP contribution in [0, 0.1) is 17.3 Å². The quantitative estimate of drug-likeness (QED) is 0.796. The van der Waals surface area contributed by atoms with Crippen molar-refractivity contribution < 1.29 is 14.7 Å². The molecule has 4 nitrogen and oxygen atoms in total. The second-order valence-corrected chi connectivity index (χ2v) is 5.37. The summed E-state index contributed by atoms with van der Waals surface area (Å²) < 4.78 is 0. The topological polar surface area (TPSA) is 57.6 Å². The van der Waals surface area contributed by atoms with Crippen molar-refractivity contribution in [3.05, 3.63) is 0 Å². The Bertz CT molecular complexity index is 299. The predicted molar refractivity (Wildman–Crippen MR) is 60.9 cm³/mol. The lowest BCUT2D eigenvalue weighted by Crippen LogP contribution is -2.39. The summed E-state index contributed by atoms with van der Waals surface area (Å²) in [7, 11) is 0. The standard InChI is InChI=1S/C12H21NO3/c1-5-12(3,4)11(16)13-6-8(2)9(7-13)10(14)15/h8-9H,5-7H2,1-4H3,(H,14,15)/t8-,9-/m1/s1. The molecule has 0 aliphatic carbocycles. The van der Waals surface area contributed by atoms with E-state index >= 15 is 0 Å². The van der Waals surface area contributed by atoms with Crippen molar-refractivity contribution in [1.29, 1.82) is 0 Å². The molecule has 0 radical (unpaired) electrons. The van der Waals surface area contributed by atoms with E-state index in [1.54, 1.807) is 4.90 Å². The summed E-state index contributed by atoms with van der Waals surface area (Å²) in [5.74, 6) is -1.08. The second kappa shape index (κ2) is 4.44. The fourth-order valence-electron chi connectivity index (χ4n) is 2.03. The van der Waals surface area contributed by atoms with Gasteiger partial charge in [-0.15, -0.1) is 0 Å². The lowest BCUT2D eigenvalue weighted by Gasteiger charge is -2.28. The van der Waals surface area contributed by atoms with Gasteiger partial charge in [0.05, 0.1) is 5.92 Å². The molecule has 0 aromatic heterocycles. The van der Waals surface area contributed by atoms with E-state index in [9.17, 15) is 9.59 Å². The lowest BCUT2D eigenvalue weighted by molar-refractivity contribution is -0.143. The molecule has 0 bridgehead atoms. The molecule has 92 valence electrons. The summed E-state index contributed by atoms with van der Waals surface area (Å²) in [4.78, 5) is 24.8. The van der Waals surface area contributed by atoms with Crippen LogP contribution in [0.1, 0.15) is 34.1 Å². The van der Waals surface area contributed by atoms with Crippen LogP contribution in [0.3, 0.4) is 0 Å². The van der Waals surface area contributed by atoms with Gasteiger partial charge in [-0.25, -0.2) is 0 Å². The van der Waals surface area contributed by atoms with E-state index in [2.05, 4.69) is 0 Å². The van der Waals surface area contributed by atoms with Gasteiger partial charge < -0.3 is 10.0 Å². The van der Waals surface area contributed by atoms with Gasteiger partial charge >= 0.3 is 5.97 Å². The van der Waals surface area contributed by atoms with Crippen LogP contribution in [-0.4, -0.2) is 35.0 Å². The van der Waals surface area contributed by atoms with E-state index in [1.807, 2.05) is 27.7 Å². The summed E-state index contributed by atoms with van der Waals surface area (Å²) in [6.45, 7) is 8.62. The van der Waals surface area contributed by atoms with Crippen LogP contribution in [0.15, 0.2) is 0 Å². The molecule has 1 heterocycles. The minimum absolute atomic E-state index is 0.0501. The lowest BCUT2D eigenvalue weighted by atomic mass is 9.88. The molecular weight excluding hydrogens is 206 g/mol. The number of amides is 1. The smallest absolute Gasteiger partial charge is 0.308 e. The molecule has 16 heavy (non-hydrogen) atoms. The maximum Gasteiger partial charge on any atom is 0.308 e. The number of hydrogen-bond donors (Lipinski definition) is 1. The van der Waals surface area contributed by atoms with Crippen molar-refractivity contribution in [3.63, 3.8) is 0 Å². The van der Waals surface area contributed by atoms with E-state index in [-0.39, 0.29) is 17.2 Å². The third-order valence-corrected chi connectivity index (χ3v) is 3.68. The van der Waals surface area contributed by atoms with Crippen LogP contribution in [0.5, 0.6) is 0 Å². The van der Waals surface area contributed by atoms with Crippen molar-refractivity contribution in [2.24, 2.45) is 17.3 Å². The first-order chi connectivity index (χ1) is 7.29. The van der Waals surface area contributed by atoms with Gasteiger partial charge in [-0.2, -0.15) is 0 Å². The first-order valence-corrected chi connectivity index (χ1v) is 5.81. The number of nitrogens with zero attached hydrogens (tertiary/aromatic N) is 1. The second-order valence-electron chi connectivity index (χ2n) is 5.37. The minimum Gasteiger partial charge on any atom is -0.481 e. The molecule has 1 N–H and O–H groups in total. The molecule has 0 aromatic rings. The molecular formula is C12H21NO3. The summed E-state index contributed by atoms with van der Waals surface area (Å²) in [5.41, 5.74) is -0.382. The van der Waals surface area contributed by atoms with Crippen molar-refractivity contribution in [2.75, 3.05) is 13.1 Å². The van der Waals surface area contributed by atoms with Crippen molar-refractivity contribution in [2.45, 2.75) is 34.1 Å². The SMILES string of the molecule is CCC(C)(C)C(=O)N1C[C@@H](C)[C@H](C(=O)O)C1. The Morgan fingerprint density at radius 2 is 1.94 bits per heavy atom. The van der Waals surface area contributed by atoms with Gasteiger partial charge in [-0.05, 0) is 12.3 Å². The van der Waals surface area contributed by atoms with Gasteiger partial charge in [0.1, 0.15) is 0 Å². The molecule has 0 spiro atoms. The number of carboxylic acid groups (broad SMARTS) is 1. The largest absolute Gasteiger partial charge is 0.481 e. The normalized spacial score (nSPS) is 25.9. The van der Waals surface area contributed by atoms with Gasteiger partial charge in [0.2, 0.25) is 5.91 Å². The van der Waals surface area contributed by atoms with Gasteiger partial charge in [0, 0.05) is 18.5 Å². The highest BCUT2D eigenvalue weighted by molar-refractivity contribution is 5.83. The summed E-state index contributed by atoms with van der Waals surface area (Å²) in [6.07, 6.45) is 0.772. The van der Waals surface area contributed by atoms with Crippen LogP contribution >= 0.6 is 0 Å². The van der Waals surface area contributed by atoms with E-state index in [1.165, 1.54) is 0 Å². The first-order valence-electron chi connectivity index (χ1n) is 5.81. The Morgan fingerprint density at radius 1 is 1.38 bits per heavy atom. The highest BCUT2D eigenvalue weighted by Gasteiger charge is 2.40. The number of likely N-dealkylation sites (tertiary alicyclic amines) is 1. The minimum atomic E-state index is -0.794. The molecule has 0 saturated carbocycles. The van der Waals surface area contributed by atoms with Gasteiger partial charge in [-0.1, -0.05) is 27.7 Å². The molecule has 1 rings (SSSR count). The van der Waals surface area contributed by atoms with Crippen LogP contribution in [0.2, 0.25) is 0 Å². The fourth-order valence-corrected chi connectivity index (χ4v) is 2.03. The summed E-state index contributed by atoms with van der Waals surface area (Å²) >= 11 is 0. The zero-order valence-corrected chi connectivity index (χ0v) is 10.5. The molecule has 0 aromatic carbocycles. The third kappa shape index (κ3) is 2.36. The Labute approximate surface area is 96.6 Å². The van der Waals surface area contributed by atoms with Crippen LogP contribution < -0.4 is 0 Å². The Kier molecular flexibility index (Phi) is 3.61.